The zero-order valence-electron chi connectivity index (χ0n) is 11.5. The lowest BCUT2D eigenvalue weighted by Crippen LogP contribution is -2.25. The third kappa shape index (κ3) is 3.68. The van der Waals surface area contributed by atoms with Crippen molar-refractivity contribution in [2.24, 2.45) is 0 Å². The Morgan fingerprint density at radius 1 is 1.40 bits per heavy atom. The molecule has 0 radical (unpaired) electrons. The number of benzene rings is 1. The van der Waals surface area contributed by atoms with E-state index in [4.69, 9.17) is 5.11 Å². The van der Waals surface area contributed by atoms with E-state index in [2.05, 4.69) is 15.5 Å². The summed E-state index contributed by atoms with van der Waals surface area (Å²) in [7, 11) is 0. The zero-order valence-corrected chi connectivity index (χ0v) is 11.5. The van der Waals surface area contributed by atoms with Gasteiger partial charge in [-0.1, -0.05) is 30.3 Å². The van der Waals surface area contributed by atoms with E-state index in [0.29, 0.717) is 18.5 Å². The minimum Gasteiger partial charge on any atom is -0.393 e. The number of nitrogens with one attached hydrogen (secondary N) is 2. The molecule has 0 saturated carbocycles. The molecular formula is C15H19N3O2. The fraction of sp³-hybridized carbons (Fsp3) is 0.333. The molecule has 1 aromatic carbocycles. The average Bonchev–Trinajstić information content (AvgIpc) is 2.93. The number of hydrogen-bond acceptors (Lipinski definition) is 3. The average molecular weight is 273 g/mol. The van der Waals surface area contributed by atoms with Crippen LogP contribution in [0, 0.1) is 0 Å². The van der Waals surface area contributed by atoms with Crippen molar-refractivity contribution in [3.8, 4) is 11.3 Å². The number of carbonyl (C=O) groups is 1. The summed E-state index contributed by atoms with van der Waals surface area (Å²) in [6.45, 7) is 2.29. The molecule has 5 heteroatoms. The summed E-state index contributed by atoms with van der Waals surface area (Å²) in [6, 6.07) is 9.62. The summed E-state index contributed by atoms with van der Waals surface area (Å²) >= 11 is 0. The first kappa shape index (κ1) is 14.3. The van der Waals surface area contributed by atoms with Gasteiger partial charge in [0.2, 0.25) is 0 Å². The smallest absolute Gasteiger partial charge is 0.255 e. The van der Waals surface area contributed by atoms with Crippen LogP contribution in [0.4, 0.5) is 0 Å². The molecule has 0 aliphatic rings. The Bertz CT molecular complexity index is 549. The van der Waals surface area contributed by atoms with Crippen molar-refractivity contribution in [1.82, 2.24) is 15.5 Å². The van der Waals surface area contributed by atoms with Crippen LogP contribution in [-0.2, 0) is 0 Å². The minimum atomic E-state index is -0.333. The van der Waals surface area contributed by atoms with Gasteiger partial charge in [0.15, 0.2) is 0 Å². The van der Waals surface area contributed by atoms with Gasteiger partial charge in [0.25, 0.3) is 5.91 Å². The molecule has 2 rings (SSSR count). The number of rotatable bonds is 6. The summed E-state index contributed by atoms with van der Waals surface area (Å²) in [5.74, 6) is -0.150. The zero-order chi connectivity index (χ0) is 14.4. The predicted molar refractivity (Wildman–Crippen MR) is 77.3 cm³/mol. The fourth-order valence-corrected chi connectivity index (χ4v) is 1.98. The topological polar surface area (TPSA) is 78.0 Å². The Labute approximate surface area is 118 Å². The fourth-order valence-electron chi connectivity index (χ4n) is 1.98. The molecule has 1 unspecified atom stereocenters. The van der Waals surface area contributed by atoms with Crippen LogP contribution < -0.4 is 5.32 Å². The second-order valence-corrected chi connectivity index (χ2v) is 4.77. The maximum Gasteiger partial charge on any atom is 0.255 e. The van der Waals surface area contributed by atoms with Crippen molar-refractivity contribution in [3.63, 3.8) is 0 Å². The first-order valence-corrected chi connectivity index (χ1v) is 6.73. The number of amides is 1. The van der Waals surface area contributed by atoms with Gasteiger partial charge in [-0.05, 0) is 19.8 Å². The standard InChI is InChI=1S/C15H19N3O2/c1-11(19)6-5-9-16-15(20)13-10-17-18-14(13)12-7-3-2-4-8-12/h2-4,7-8,10-11,19H,5-6,9H2,1H3,(H,16,20)(H,17,18). The van der Waals surface area contributed by atoms with Crippen molar-refractivity contribution >= 4 is 5.91 Å². The Hall–Kier alpha value is -2.14. The van der Waals surface area contributed by atoms with Gasteiger partial charge in [0.1, 0.15) is 0 Å². The van der Waals surface area contributed by atoms with E-state index >= 15 is 0 Å². The Balaban J connectivity index is 1.99. The predicted octanol–water partition coefficient (Wildman–Crippen LogP) is 1.97. The number of hydrogen-bond donors (Lipinski definition) is 3. The Morgan fingerprint density at radius 3 is 2.85 bits per heavy atom. The highest BCUT2D eigenvalue weighted by atomic mass is 16.3. The van der Waals surface area contributed by atoms with Gasteiger partial charge >= 0.3 is 0 Å². The van der Waals surface area contributed by atoms with Crippen molar-refractivity contribution in [3.05, 3.63) is 42.1 Å². The molecule has 0 spiro atoms. The number of aromatic nitrogens is 2. The molecule has 106 valence electrons. The highest BCUT2D eigenvalue weighted by molar-refractivity contribution is 5.99. The van der Waals surface area contributed by atoms with E-state index in [1.807, 2.05) is 30.3 Å². The second kappa shape index (κ2) is 6.86. The van der Waals surface area contributed by atoms with Crippen LogP contribution in [0.1, 0.15) is 30.1 Å². The minimum absolute atomic E-state index is 0.150. The van der Waals surface area contributed by atoms with Crippen LogP contribution in [0.2, 0.25) is 0 Å². The summed E-state index contributed by atoms with van der Waals surface area (Å²) in [5.41, 5.74) is 2.19. The monoisotopic (exact) mass is 273 g/mol. The van der Waals surface area contributed by atoms with Gasteiger partial charge < -0.3 is 10.4 Å². The summed E-state index contributed by atoms with van der Waals surface area (Å²) < 4.78 is 0. The van der Waals surface area contributed by atoms with Gasteiger partial charge in [-0.15, -0.1) is 0 Å². The number of nitrogens with zero attached hydrogens (tertiary/aromatic N) is 1. The lowest BCUT2D eigenvalue weighted by Gasteiger charge is -2.07. The summed E-state index contributed by atoms with van der Waals surface area (Å²) in [5, 5.41) is 18.8. The molecule has 1 amide bonds. The highest BCUT2D eigenvalue weighted by Crippen LogP contribution is 2.20. The van der Waals surface area contributed by atoms with E-state index in [1.165, 1.54) is 6.20 Å². The van der Waals surface area contributed by atoms with Crippen molar-refractivity contribution in [2.75, 3.05) is 6.54 Å². The van der Waals surface area contributed by atoms with Crippen LogP contribution >= 0.6 is 0 Å². The Morgan fingerprint density at radius 2 is 2.15 bits per heavy atom. The second-order valence-electron chi connectivity index (χ2n) is 4.77. The number of aromatic amines is 1. The molecule has 0 bridgehead atoms. The van der Waals surface area contributed by atoms with Crippen LogP contribution in [0.5, 0.6) is 0 Å². The Kier molecular flexibility index (Phi) is 4.90. The summed E-state index contributed by atoms with van der Waals surface area (Å²) in [6.07, 6.45) is 2.63. The molecule has 2 aromatic rings. The van der Waals surface area contributed by atoms with Crippen molar-refractivity contribution in [2.45, 2.75) is 25.9 Å². The molecule has 1 heterocycles. The molecule has 0 saturated heterocycles. The first-order valence-electron chi connectivity index (χ1n) is 6.73. The van der Waals surface area contributed by atoms with Gasteiger partial charge in [-0.25, -0.2) is 0 Å². The third-order valence-corrected chi connectivity index (χ3v) is 3.03. The van der Waals surface area contributed by atoms with Gasteiger partial charge in [0, 0.05) is 12.1 Å². The summed E-state index contributed by atoms with van der Waals surface area (Å²) in [4.78, 5) is 12.1. The van der Waals surface area contributed by atoms with E-state index in [-0.39, 0.29) is 12.0 Å². The molecule has 5 nitrogen and oxygen atoms in total. The molecule has 20 heavy (non-hydrogen) atoms. The lowest BCUT2D eigenvalue weighted by molar-refractivity contribution is 0.0950. The first-order chi connectivity index (χ1) is 9.68. The highest BCUT2D eigenvalue weighted by Gasteiger charge is 2.14. The number of H-pyrrole nitrogens is 1. The molecule has 0 fully saturated rings. The number of carbonyl (C=O) groups excluding carboxylic acids is 1. The third-order valence-electron chi connectivity index (χ3n) is 3.03. The van der Waals surface area contributed by atoms with E-state index in [0.717, 1.165) is 17.7 Å². The van der Waals surface area contributed by atoms with Gasteiger partial charge in [0.05, 0.1) is 23.6 Å². The van der Waals surface area contributed by atoms with Crippen molar-refractivity contribution in [1.29, 1.82) is 0 Å². The van der Waals surface area contributed by atoms with E-state index in [9.17, 15) is 4.79 Å². The van der Waals surface area contributed by atoms with Crippen molar-refractivity contribution < 1.29 is 9.90 Å². The van der Waals surface area contributed by atoms with E-state index < -0.39 is 0 Å². The van der Waals surface area contributed by atoms with Gasteiger partial charge in [-0.3, -0.25) is 9.89 Å². The quantitative estimate of drug-likeness (QED) is 0.704. The van der Waals surface area contributed by atoms with Crippen LogP contribution in [0.15, 0.2) is 36.5 Å². The molecule has 0 aliphatic carbocycles. The van der Waals surface area contributed by atoms with Crippen LogP contribution in [0.25, 0.3) is 11.3 Å². The maximum atomic E-state index is 12.1. The van der Waals surface area contributed by atoms with Crippen LogP contribution in [0.3, 0.4) is 0 Å². The van der Waals surface area contributed by atoms with Crippen LogP contribution in [-0.4, -0.2) is 33.9 Å². The molecular weight excluding hydrogens is 254 g/mol. The largest absolute Gasteiger partial charge is 0.393 e. The lowest BCUT2D eigenvalue weighted by atomic mass is 10.1. The molecule has 3 N–H and O–H groups in total. The SMILES string of the molecule is CC(O)CCCNC(=O)c1cn[nH]c1-c1ccccc1. The molecule has 1 atom stereocenters. The maximum absolute atomic E-state index is 12.1. The van der Waals surface area contributed by atoms with Gasteiger partial charge in [-0.2, -0.15) is 5.10 Å². The molecule has 1 aromatic heterocycles. The number of aliphatic hydroxyl groups excluding tert-OH is 1. The van der Waals surface area contributed by atoms with E-state index in [1.54, 1.807) is 6.92 Å². The number of aliphatic hydroxyl groups is 1. The normalized spacial score (nSPS) is 12.1. The molecule has 0 aliphatic heterocycles.